The van der Waals surface area contributed by atoms with Crippen molar-refractivity contribution in [1.82, 2.24) is 5.43 Å². The van der Waals surface area contributed by atoms with Gasteiger partial charge in [0.2, 0.25) is 0 Å². The maximum absolute atomic E-state index is 5.93. The third kappa shape index (κ3) is 4.03. The van der Waals surface area contributed by atoms with Crippen molar-refractivity contribution in [2.24, 2.45) is 5.84 Å². The third-order valence-electron chi connectivity index (χ3n) is 2.18. The van der Waals surface area contributed by atoms with Crippen LogP contribution in [0.2, 0.25) is 5.02 Å². The van der Waals surface area contributed by atoms with Crippen LogP contribution in [0.15, 0.2) is 22.7 Å². The number of hydrazine groups is 1. The number of hydrogen-bond donors (Lipinski definition) is 2. The van der Waals surface area contributed by atoms with Gasteiger partial charge in [-0.15, -0.1) is 0 Å². The third-order valence-corrected chi connectivity index (χ3v) is 3.39. The smallest absolute Gasteiger partial charge is 0.0694 e. The molecule has 0 aliphatic carbocycles. The van der Waals surface area contributed by atoms with Gasteiger partial charge in [0.25, 0.3) is 0 Å². The van der Waals surface area contributed by atoms with Crippen molar-refractivity contribution in [3.05, 3.63) is 33.3 Å². The van der Waals surface area contributed by atoms with Gasteiger partial charge in [-0.05, 0) is 40.0 Å². The van der Waals surface area contributed by atoms with Crippen LogP contribution in [-0.2, 0) is 4.74 Å². The Bertz CT molecular complexity index is 336. The molecule has 0 heterocycles. The largest absolute Gasteiger partial charge is 0.379 e. The van der Waals surface area contributed by atoms with Crippen molar-refractivity contribution in [3.8, 4) is 0 Å². The predicted molar refractivity (Wildman–Crippen MR) is 70.3 cm³/mol. The van der Waals surface area contributed by atoms with Crippen LogP contribution in [0, 0.1) is 0 Å². The predicted octanol–water partition coefficient (Wildman–Crippen LogP) is 3.03. The van der Waals surface area contributed by atoms with E-state index in [2.05, 4.69) is 28.3 Å². The number of halogens is 2. The van der Waals surface area contributed by atoms with E-state index in [0.29, 0.717) is 11.6 Å². The Morgan fingerprint density at radius 3 is 2.88 bits per heavy atom. The van der Waals surface area contributed by atoms with Gasteiger partial charge in [-0.1, -0.05) is 24.6 Å². The second-order valence-corrected chi connectivity index (χ2v) is 4.73. The summed E-state index contributed by atoms with van der Waals surface area (Å²) in [5.41, 5.74) is 3.79. The van der Waals surface area contributed by atoms with Gasteiger partial charge >= 0.3 is 0 Å². The highest BCUT2D eigenvalue weighted by molar-refractivity contribution is 9.10. The van der Waals surface area contributed by atoms with Gasteiger partial charge in [0.15, 0.2) is 0 Å². The molecule has 1 aromatic carbocycles. The van der Waals surface area contributed by atoms with Gasteiger partial charge < -0.3 is 4.74 Å². The van der Waals surface area contributed by atoms with Crippen molar-refractivity contribution in [3.63, 3.8) is 0 Å². The molecule has 3 nitrogen and oxygen atoms in total. The standard InChI is InChI=1S/C11H16BrClN2O/c1-2-5-16-7-11(15-14)8-3-4-10(13)9(12)6-8/h3-4,6,11,15H,2,5,7,14H2,1H3. The number of hydrogen-bond acceptors (Lipinski definition) is 3. The lowest BCUT2D eigenvalue weighted by molar-refractivity contribution is 0.112. The average Bonchev–Trinajstić information content (AvgIpc) is 2.29. The fraction of sp³-hybridized carbons (Fsp3) is 0.455. The average molecular weight is 308 g/mol. The second kappa shape index (κ2) is 7.25. The van der Waals surface area contributed by atoms with E-state index in [1.54, 1.807) is 0 Å². The first-order chi connectivity index (χ1) is 7.69. The zero-order valence-corrected chi connectivity index (χ0v) is 11.5. The van der Waals surface area contributed by atoms with E-state index in [1.807, 2.05) is 18.2 Å². The molecule has 1 rings (SSSR count). The van der Waals surface area contributed by atoms with Crippen molar-refractivity contribution < 1.29 is 4.74 Å². The molecule has 0 saturated carbocycles. The van der Waals surface area contributed by atoms with Crippen LogP contribution in [0.25, 0.3) is 0 Å². The molecule has 0 aliphatic heterocycles. The SMILES string of the molecule is CCCOCC(NN)c1ccc(Cl)c(Br)c1. The summed E-state index contributed by atoms with van der Waals surface area (Å²) in [5, 5.41) is 0.689. The van der Waals surface area contributed by atoms with Crippen molar-refractivity contribution >= 4 is 27.5 Å². The highest BCUT2D eigenvalue weighted by Crippen LogP contribution is 2.26. The Kier molecular flexibility index (Phi) is 6.31. The molecule has 0 fully saturated rings. The zero-order chi connectivity index (χ0) is 12.0. The van der Waals surface area contributed by atoms with Crippen LogP contribution in [0.3, 0.4) is 0 Å². The molecule has 3 N–H and O–H groups in total. The first-order valence-corrected chi connectivity index (χ1v) is 6.35. The lowest BCUT2D eigenvalue weighted by atomic mass is 10.1. The second-order valence-electron chi connectivity index (χ2n) is 3.47. The number of rotatable bonds is 6. The minimum absolute atomic E-state index is 0.0138. The van der Waals surface area contributed by atoms with Crippen LogP contribution in [0.5, 0.6) is 0 Å². The Balaban J connectivity index is 2.67. The Morgan fingerprint density at radius 2 is 2.31 bits per heavy atom. The fourth-order valence-corrected chi connectivity index (χ4v) is 1.83. The molecule has 0 amide bonds. The van der Waals surface area contributed by atoms with Crippen LogP contribution in [0.1, 0.15) is 24.9 Å². The normalized spacial score (nSPS) is 12.8. The van der Waals surface area contributed by atoms with Gasteiger partial charge in [-0.3, -0.25) is 11.3 Å². The lowest BCUT2D eigenvalue weighted by Crippen LogP contribution is -2.31. The Hall–Kier alpha value is -0.130. The lowest BCUT2D eigenvalue weighted by Gasteiger charge is -2.16. The molecule has 0 bridgehead atoms. The first-order valence-electron chi connectivity index (χ1n) is 5.17. The summed E-state index contributed by atoms with van der Waals surface area (Å²) < 4.78 is 6.33. The summed E-state index contributed by atoms with van der Waals surface area (Å²) in [6.45, 7) is 3.37. The quantitative estimate of drug-likeness (QED) is 0.482. The topological polar surface area (TPSA) is 47.3 Å². The molecule has 1 unspecified atom stereocenters. The number of nitrogens with two attached hydrogens (primary N) is 1. The summed E-state index contributed by atoms with van der Waals surface area (Å²) in [6, 6.07) is 5.71. The van der Waals surface area contributed by atoms with Crippen LogP contribution >= 0.6 is 27.5 Å². The fourth-order valence-electron chi connectivity index (χ4n) is 1.32. The number of nitrogens with one attached hydrogen (secondary N) is 1. The molecular weight excluding hydrogens is 291 g/mol. The van der Waals surface area contributed by atoms with Crippen molar-refractivity contribution in [2.75, 3.05) is 13.2 Å². The molecule has 16 heavy (non-hydrogen) atoms. The summed E-state index contributed by atoms with van der Waals surface area (Å²) >= 11 is 9.31. The molecule has 5 heteroatoms. The van der Waals surface area contributed by atoms with Crippen molar-refractivity contribution in [2.45, 2.75) is 19.4 Å². The number of benzene rings is 1. The van der Waals surface area contributed by atoms with E-state index in [4.69, 9.17) is 22.2 Å². The molecule has 0 aromatic heterocycles. The molecular formula is C11H16BrClN2O. The minimum Gasteiger partial charge on any atom is -0.379 e. The zero-order valence-electron chi connectivity index (χ0n) is 9.17. The highest BCUT2D eigenvalue weighted by Gasteiger charge is 2.10. The van der Waals surface area contributed by atoms with Gasteiger partial charge in [0.05, 0.1) is 17.7 Å². The molecule has 1 atom stereocenters. The summed E-state index contributed by atoms with van der Waals surface area (Å²) in [6.07, 6.45) is 1.00. The van der Waals surface area contributed by atoms with E-state index in [-0.39, 0.29) is 6.04 Å². The summed E-state index contributed by atoms with van der Waals surface area (Å²) in [5.74, 6) is 5.50. The van der Waals surface area contributed by atoms with Gasteiger partial charge in [0.1, 0.15) is 0 Å². The molecule has 0 saturated heterocycles. The molecule has 1 aromatic rings. The van der Waals surface area contributed by atoms with Crippen LogP contribution in [0.4, 0.5) is 0 Å². The van der Waals surface area contributed by atoms with E-state index >= 15 is 0 Å². The molecule has 0 spiro atoms. The summed E-state index contributed by atoms with van der Waals surface area (Å²) in [7, 11) is 0. The molecule has 90 valence electrons. The molecule has 0 aliphatic rings. The highest BCUT2D eigenvalue weighted by atomic mass is 79.9. The maximum Gasteiger partial charge on any atom is 0.0694 e. The van der Waals surface area contributed by atoms with Crippen LogP contribution in [-0.4, -0.2) is 13.2 Å². The monoisotopic (exact) mass is 306 g/mol. The van der Waals surface area contributed by atoms with E-state index in [1.165, 1.54) is 0 Å². The van der Waals surface area contributed by atoms with Gasteiger partial charge in [0, 0.05) is 11.1 Å². The molecule has 0 radical (unpaired) electrons. The van der Waals surface area contributed by atoms with E-state index in [0.717, 1.165) is 23.1 Å². The van der Waals surface area contributed by atoms with E-state index in [9.17, 15) is 0 Å². The summed E-state index contributed by atoms with van der Waals surface area (Å²) in [4.78, 5) is 0. The van der Waals surface area contributed by atoms with Crippen LogP contribution < -0.4 is 11.3 Å². The van der Waals surface area contributed by atoms with Gasteiger partial charge in [-0.2, -0.15) is 0 Å². The minimum atomic E-state index is -0.0138. The van der Waals surface area contributed by atoms with Gasteiger partial charge in [-0.25, -0.2) is 0 Å². The van der Waals surface area contributed by atoms with E-state index < -0.39 is 0 Å². The number of ether oxygens (including phenoxy) is 1. The maximum atomic E-state index is 5.93. The van der Waals surface area contributed by atoms with Crippen molar-refractivity contribution in [1.29, 1.82) is 0 Å². The Labute approximate surface area is 109 Å². The Morgan fingerprint density at radius 1 is 1.56 bits per heavy atom. The first kappa shape index (κ1) is 13.9.